The summed E-state index contributed by atoms with van der Waals surface area (Å²) in [5.74, 6) is -0.669. The van der Waals surface area contributed by atoms with Crippen LogP contribution in [0, 0.1) is 23.0 Å². The summed E-state index contributed by atoms with van der Waals surface area (Å²) >= 11 is 0. The summed E-state index contributed by atoms with van der Waals surface area (Å²) in [5.41, 5.74) is 0.352. The molecule has 298 valence electrons. The fraction of sp³-hybridized carbons (Fsp3) is 0.811. The van der Waals surface area contributed by atoms with Crippen LogP contribution in [-0.4, -0.2) is 107 Å². The molecular formula is C37H65N5O10. The van der Waals surface area contributed by atoms with E-state index in [0.717, 1.165) is 96.4 Å². The van der Waals surface area contributed by atoms with Crippen molar-refractivity contribution in [3.05, 3.63) is 12.2 Å². The van der Waals surface area contributed by atoms with Gasteiger partial charge in [-0.25, -0.2) is 4.79 Å². The van der Waals surface area contributed by atoms with E-state index < -0.39 is 5.97 Å². The summed E-state index contributed by atoms with van der Waals surface area (Å²) in [5, 5.41) is 23.4. The van der Waals surface area contributed by atoms with Crippen LogP contribution in [0.4, 0.5) is 0 Å². The monoisotopic (exact) mass is 739 g/mol. The molecule has 0 aliphatic carbocycles. The van der Waals surface area contributed by atoms with Crippen LogP contribution in [0.25, 0.3) is 0 Å². The van der Waals surface area contributed by atoms with Gasteiger partial charge in [0.1, 0.15) is 32.2 Å². The molecule has 0 aromatic heterocycles. The maximum absolute atomic E-state index is 12.3. The number of nitriles is 2. The summed E-state index contributed by atoms with van der Waals surface area (Å²) in [6.45, 7) is 13.3. The van der Waals surface area contributed by atoms with Crippen molar-refractivity contribution in [2.24, 2.45) is 0 Å². The Morgan fingerprint density at radius 3 is 1.87 bits per heavy atom. The van der Waals surface area contributed by atoms with Crippen molar-refractivity contribution in [2.45, 2.75) is 129 Å². The van der Waals surface area contributed by atoms with Gasteiger partial charge in [-0.15, -0.1) is 0 Å². The van der Waals surface area contributed by atoms with Gasteiger partial charge in [0.15, 0.2) is 0 Å². The maximum Gasteiger partial charge on any atom is 0.333 e. The molecule has 0 aliphatic heterocycles. The predicted octanol–water partition coefficient (Wildman–Crippen LogP) is 5.46. The molecule has 2 atom stereocenters. The van der Waals surface area contributed by atoms with Crippen molar-refractivity contribution in [1.29, 1.82) is 10.5 Å². The average Bonchev–Trinajstić information content (AvgIpc) is 3.12. The van der Waals surface area contributed by atoms with Crippen LogP contribution >= 0.6 is 0 Å². The minimum absolute atomic E-state index is 0.239. The molecule has 0 spiro atoms. The summed E-state index contributed by atoms with van der Waals surface area (Å²) in [7, 11) is 0. The molecule has 0 aromatic carbocycles. The zero-order chi connectivity index (χ0) is 38.5. The van der Waals surface area contributed by atoms with E-state index in [0.29, 0.717) is 71.1 Å². The smallest absolute Gasteiger partial charge is 0.333 e. The fourth-order valence-corrected chi connectivity index (χ4v) is 4.79. The van der Waals surface area contributed by atoms with E-state index >= 15 is 0 Å². The van der Waals surface area contributed by atoms with E-state index in [2.05, 4.69) is 11.9 Å². The molecule has 1 amide bonds. The highest BCUT2D eigenvalue weighted by molar-refractivity contribution is 5.87. The average molecular weight is 740 g/mol. The first-order chi connectivity index (χ1) is 25.2. The molecule has 2 unspecified atom stereocenters. The molecule has 15 nitrogen and oxygen atoms in total. The molecule has 0 saturated carbocycles. The molecule has 0 heterocycles. The highest BCUT2D eigenvalue weighted by Gasteiger charge is 2.15. The SMILES string of the molecule is C=C(C)C(=O)OC(C)COCCCOCC(C)OC(=O)CCCCCCCN(OCNCCCCCCOC#N)N(C=O)CCCCCCOC#N. The number of hydroxylamine groups is 1. The third-order valence-corrected chi connectivity index (χ3v) is 7.59. The van der Waals surface area contributed by atoms with Crippen molar-refractivity contribution in [3.8, 4) is 12.5 Å². The number of hydrazine groups is 1. The quantitative estimate of drug-likeness (QED) is 0.0160. The van der Waals surface area contributed by atoms with Crippen molar-refractivity contribution in [2.75, 3.05) is 66.0 Å². The van der Waals surface area contributed by atoms with Crippen LogP contribution in [0.5, 0.6) is 0 Å². The lowest BCUT2D eigenvalue weighted by Gasteiger charge is -2.31. The summed E-state index contributed by atoms with van der Waals surface area (Å²) in [4.78, 5) is 41.7. The first-order valence-electron chi connectivity index (χ1n) is 18.8. The summed E-state index contributed by atoms with van der Waals surface area (Å²) in [6.07, 6.45) is 16.1. The van der Waals surface area contributed by atoms with Gasteiger partial charge >= 0.3 is 11.9 Å². The van der Waals surface area contributed by atoms with Crippen LogP contribution in [0.15, 0.2) is 12.2 Å². The second-order valence-electron chi connectivity index (χ2n) is 12.6. The van der Waals surface area contributed by atoms with Gasteiger partial charge in [0.05, 0.1) is 13.2 Å². The van der Waals surface area contributed by atoms with Crippen LogP contribution in [-0.2, 0) is 47.6 Å². The Kier molecular flexibility index (Phi) is 33.5. The minimum atomic E-state index is -0.430. The van der Waals surface area contributed by atoms with E-state index in [1.807, 2.05) is 0 Å². The van der Waals surface area contributed by atoms with Crippen molar-refractivity contribution < 1.29 is 47.6 Å². The molecule has 0 aliphatic rings. The van der Waals surface area contributed by atoms with Crippen molar-refractivity contribution >= 4 is 18.3 Å². The van der Waals surface area contributed by atoms with E-state index in [9.17, 15) is 14.4 Å². The molecule has 15 heteroatoms. The van der Waals surface area contributed by atoms with Gasteiger partial charge in [-0.05, 0) is 85.1 Å². The first-order valence-corrected chi connectivity index (χ1v) is 18.8. The van der Waals surface area contributed by atoms with Crippen molar-refractivity contribution in [3.63, 3.8) is 0 Å². The molecule has 1 N–H and O–H groups in total. The van der Waals surface area contributed by atoms with E-state index in [1.54, 1.807) is 43.5 Å². The number of hydrogen-bond acceptors (Lipinski definition) is 14. The Hall–Kier alpha value is -3.47. The summed E-state index contributed by atoms with van der Waals surface area (Å²) in [6, 6.07) is 0. The minimum Gasteiger partial charge on any atom is -0.460 e. The maximum atomic E-state index is 12.3. The molecule has 0 fully saturated rings. The second-order valence-corrected chi connectivity index (χ2v) is 12.6. The second kappa shape index (κ2) is 35.9. The topological polar surface area (TPSA) is 182 Å². The number of ether oxygens (including phenoxy) is 6. The number of nitrogens with zero attached hydrogens (tertiary/aromatic N) is 4. The Labute approximate surface area is 311 Å². The third kappa shape index (κ3) is 31.3. The molecule has 0 radical (unpaired) electrons. The molecular weight excluding hydrogens is 674 g/mol. The number of hydrogen-bond donors (Lipinski definition) is 1. The number of unbranched alkanes of at least 4 members (excludes halogenated alkanes) is 10. The normalized spacial score (nSPS) is 12.0. The van der Waals surface area contributed by atoms with Gasteiger partial charge in [0, 0.05) is 38.3 Å². The Morgan fingerprint density at radius 2 is 1.27 bits per heavy atom. The molecule has 0 bridgehead atoms. The van der Waals surface area contributed by atoms with Gasteiger partial charge < -0.3 is 28.4 Å². The highest BCUT2D eigenvalue weighted by Crippen LogP contribution is 2.11. The number of carbonyl (C=O) groups excluding carboxylic acids is 3. The molecule has 0 saturated heterocycles. The van der Waals surface area contributed by atoms with Crippen LogP contribution in [0.2, 0.25) is 0 Å². The van der Waals surface area contributed by atoms with Gasteiger partial charge in [-0.2, -0.15) is 10.5 Å². The van der Waals surface area contributed by atoms with E-state index in [-0.39, 0.29) is 24.9 Å². The lowest BCUT2D eigenvalue weighted by molar-refractivity contribution is -0.273. The molecule has 0 rings (SSSR count). The van der Waals surface area contributed by atoms with Gasteiger partial charge in [-0.3, -0.25) is 24.8 Å². The Morgan fingerprint density at radius 1 is 0.731 bits per heavy atom. The number of amides is 1. The lowest BCUT2D eigenvalue weighted by Crippen LogP contribution is -2.44. The Bertz CT molecular complexity index is 1010. The number of rotatable bonds is 38. The van der Waals surface area contributed by atoms with Crippen molar-refractivity contribution in [1.82, 2.24) is 15.5 Å². The largest absolute Gasteiger partial charge is 0.460 e. The summed E-state index contributed by atoms with van der Waals surface area (Å²) < 4.78 is 31.1. The predicted molar refractivity (Wildman–Crippen MR) is 193 cm³/mol. The fourth-order valence-electron chi connectivity index (χ4n) is 4.79. The standard InChI is InChI=1S/C37H65N5O10/c1-33(2)37(45)52-35(4)28-47-26-18-25-46-27-34(3)51-36(44)19-12-6-5-8-15-22-42(41(32-43)21-14-9-11-17-24-49-30-39)50-31-40-20-13-7-10-16-23-48-29-38/h32,34-35,40H,1,5-28,31H2,2-4H3. The van der Waals surface area contributed by atoms with E-state index in [4.69, 9.17) is 43.8 Å². The number of carbonyl (C=O) groups is 3. The third-order valence-electron chi connectivity index (χ3n) is 7.59. The van der Waals surface area contributed by atoms with Gasteiger partial charge in [0.25, 0.3) is 12.5 Å². The molecule has 52 heavy (non-hydrogen) atoms. The van der Waals surface area contributed by atoms with Gasteiger partial charge in [-0.1, -0.05) is 43.9 Å². The zero-order valence-corrected chi connectivity index (χ0v) is 32.0. The van der Waals surface area contributed by atoms with E-state index in [1.165, 1.54) is 0 Å². The number of nitrogens with one attached hydrogen (secondary N) is 1. The van der Waals surface area contributed by atoms with Crippen LogP contribution < -0.4 is 5.32 Å². The van der Waals surface area contributed by atoms with Crippen LogP contribution in [0.1, 0.15) is 117 Å². The first kappa shape index (κ1) is 48.5. The highest BCUT2D eigenvalue weighted by atomic mass is 16.7. The number of esters is 2. The molecule has 0 aromatic rings. The van der Waals surface area contributed by atoms with Gasteiger partial charge in [0.2, 0.25) is 6.41 Å². The zero-order valence-electron chi connectivity index (χ0n) is 32.0. The van der Waals surface area contributed by atoms with Crippen LogP contribution in [0.3, 0.4) is 0 Å². The lowest BCUT2D eigenvalue weighted by atomic mass is 10.1. The Balaban J connectivity index is 4.22.